The van der Waals surface area contributed by atoms with Crippen molar-refractivity contribution in [3.8, 4) is 0 Å². The van der Waals surface area contributed by atoms with Crippen LogP contribution in [0.3, 0.4) is 0 Å². The third-order valence-electron chi connectivity index (χ3n) is 5.54. The van der Waals surface area contributed by atoms with Crippen molar-refractivity contribution in [2.45, 2.75) is 19.3 Å². The first-order chi connectivity index (χ1) is 14.1. The number of aryl methyl sites for hydroxylation is 1. The molecule has 5 heteroatoms. The van der Waals surface area contributed by atoms with Gasteiger partial charge in [0.05, 0.1) is 6.61 Å². The summed E-state index contributed by atoms with van der Waals surface area (Å²) >= 11 is 0. The predicted molar refractivity (Wildman–Crippen MR) is 113 cm³/mol. The summed E-state index contributed by atoms with van der Waals surface area (Å²) in [5.74, 6) is 0.235. The van der Waals surface area contributed by atoms with E-state index in [1.54, 1.807) is 19.2 Å². The molecule has 29 heavy (non-hydrogen) atoms. The van der Waals surface area contributed by atoms with Crippen molar-refractivity contribution < 1.29 is 13.9 Å². The molecule has 1 saturated heterocycles. The minimum Gasteiger partial charge on any atom is -0.384 e. The van der Waals surface area contributed by atoms with Crippen molar-refractivity contribution in [3.05, 3.63) is 71.5 Å². The monoisotopic (exact) mass is 398 g/mol. The molecule has 0 N–H and O–H groups in total. The standard InChI is InChI=1S/C24H31FN2O2/c1-29-19-22-17-26(14-13-20-5-3-2-4-6-20)15-16-27(18-22)24(28)12-9-21-7-10-23(25)11-8-21/h2-8,10-11,22H,9,12-19H2,1H3. The van der Waals surface area contributed by atoms with Gasteiger partial charge in [0.15, 0.2) is 0 Å². The smallest absolute Gasteiger partial charge is 0.222 e. The molecule has 1 heterocycles. The molecule has 1 amide bonds. The van der Waals surface area contributed by atoms with Crippen LogP contribution >= 0.6 is 0 Å². The third-order valence-corrected chi connectivity index (χ3v) is 5.54. The number of halogens is 1. The highest BCUT2D eigenvalue weighted by molar-refractivity contribution is 5.76. The van der Waals surface area contributed by atoms with Crippen LogP contribution < -0.4 is 0 Å². The Morgan fingerprint density at radius 2 is 1.72 bits per heavy atom. The van der Waals surface area contributed by atoms with Crippen molar-refractivity contribution in [1.29, 1.82) is 0 Å². The summed E-state index contributed by atoms with van der Waals surface area (Å²) in [6, 6.07) is 16.9. The number of hydrogen-bond donors (Lipinski definition) is 0. The molecule has 2 aromatic rings. The van der Waals surface area contributed by atoms with Gasteiger partial charge in [0.2, 0.25) is 5.91 Å². The number of benzene rings is 2. The molecule has 1 atom stereocenters. The minimum absolute atomic E-state index is 0.167. The van der Waals surface area contributed by atoms with Crippen LogP contribution in [0.5, 0.6) is 0 Å². The van der Waals surface area contributed by atoms with Crippen LogP contribution in [-0.4, -0.2) is 62.1 Å². The lowest BCUT2D eigenvalue weighted by atomic mass is 10.1. The Morgan fingerprint density at radius 3 is 2.45 bits per heavy atom. The average Bonchev–Trinajstić information content (AvgIpc) is 2.95. The lowest BCUT2D eigenvalue weighted by Crippen LogP contribution is -2.37. The topological polar surface area (TPSA) is 32.8 Å². The van der Waals surface area contributed by atoms with E-state index in [1.807, 2.05) is 11.0 Å². The van der Waals surface area contributed by atoms with E-state index < -0.39 is 0 Å². The quantitative estimate of drug-likeness (QED) is 0.683. The molecule has 4 nitrogen and oxygen atoms in total. The first-order valence-electron chi connectivity index (χ1n) is 10.4. The second-order valence-corrected chi connectivity index (χ2v) is 7.82. The summed E-state index contributed by atoms with van der Waals surface area (Å²) in [5, 5.41) is 0. The van der Waals surface area contributed by atoms with Crippen LogP contribution in [0.4, 0.5) is 4.39 Å². The zero-order valence-corrected chi connectivity index (χ0v) is 17.2. The number of carbonyl (C=O) groups is 1. The second-order valence-electron chi connectivity index (χ2n) is 7.82. The minimum atomic E-state index is -0.245. The molecular formula is C24H31FN2O2. The molecule has 1 fully saturated rings. The molecule has 0 radical (unpaired) electrons. The molecule has 1 aliphatic rings. The normalized spacial score (nSPS) is 17.9. The van der Waals surface area contributed by atoms with E-state index in [9.17, 15) is 9.18 Å². The molecule has 1 aliphatic heterocycles. The van der Waals surface area contributed by atoms with Gasteiger partial charge in [-0.2, -0.15) is 0 Å². The lowest BCUT2D eigenvalue weighted by molar-refractivity contribution is -0.131. The molecule has 1 unspecified atom stereocenters. The number of nitrogens with zero attached hydrogens (tertiary/aromatic N) is 2. The molecule has 0 bridgehead atoms. The summed E-state index contributed by atoms with van der Waals surface area (Å²) in [6.07, 6.45) is 2.11. The van der Waals surface area contributed by atoms with Crippen LogP contribution in [0.15, 0.2) is 54.6 Å². The number of ether oxygens (including phenoxy) is 1. The Balaban J connectivity index is 1.53. The number of rotatable bonds is 8. The number of amides is 1. The van der Waals surface area contributed by atoms with Crippen LogP contribution in [0.1, 0.15) is 17.5 Å². The fourth-order valence-corrected chi connectivity index (χ4v) is 3.94. The van der Waals surface area contributed by atoms with Crippen molar-refractivity contribution in [2.75, 3.05) is 46.4 Å². The zero-order valence-electron chi connectivity index (χ0n) is 17.2. The van der Waals surface area contributed by atoms with E-state index in [0.717, 1.165) is 44.7 Å². The third kappa shape index (κ3) is 6.94. The average molecular weight is 399 g/mol. The molecule has 2 aromatic carbocycles. The van der Waals surface area contributed by atoms with Crippen molar-refractivity contribution in [3.63, 3.8) is 0 Å². The van der Waals surface area contributed by atoms with Crippen LogP contribution in [0, 0.1) is 11.7 Å². The van der Waals surface area contributed by atoms with E-state index in [1.165, 1.54) is 17.7 Å². The fourth-order valence-electron chi connectivity index (χ4n) is 3.94. The van der Waals surface area contributed by atoms with E-state index in [-0.39, 0.29) is 11.7 Å². The van der Waals surface area contributed by atoms with E-state index in [0.29, 0.717) is 25.4 Å². The van der Waals surface area contributed by atoms with E-state index >= 15 is 0 Å². The number of methoxy groups -OCH3 is 1. The lowest BCUT2D eigenvalue weighted by Gasteiger charge is -2.24. The van der Waals surface area contributed by atoms with Gasteiger partial charge in [-0.05, 0) is 36.1 Å². The fraction of sp³-hybridized carbons (Fsp3) is 0.458. The molecule has 0 aliphatic carbocycles. The SMILES string of the molecule is COCC1CN(CCc2ccccc2)CCN(C(=O)CCc2ccc(F)cc2)C1. The summed E-state index contributed by atoms with van der Waals surface area (Å²) in [5.41, 5.74) is 2.33. The number of carbonyl (C=O) groups excluding carboxylic acids is 1. The maximum absolute atomic E-state index is 13.1. The van der Waals surface area contributed by atoms with Gasteiger partial charge in [-0.25, -0.2) is 4.39 Å². The first kappa shape index (κ1) is 21.5. The molecule has 0 spiro atoms. The molecule has 3 rings (SSSR count). The van der Waals surface area contributed by atoms with Gasteiger partial charge < -0.3 is 14.5 Å². The van der Waals surface area contributed by atoms with Crippen molar-refractivity contribution in [2.24, 2.45) is 5.92 Å². The highest BCUT2D eigenvalue weighted by Crippen LogP contribution is 2.14. The van der Waals surface area contributed by atoms with Gasteiger partial charge in [0, 0.05) is 52.2 Å². The highest BCUT2D eigenvalue weighted by Gasteiger charge is 2.25. The first-order valence-corrected chi connectivity index (χ1v) is 10.4. The zero-order chi connectivity index (χ0) is 20.5. The maximum atomic E-state index is 13.1. The van der Waals surface area contributed by atoms with Crippen molar-refractivity contribution >= 4 is 5.91 Å². The Bertz CT molecular complexity index is 751. The highest BCUT2D eigenvalue weighted by atomic mass is 19.1. The summed E-state index contributed by atoms with van der Waals surface area (Å²) in [7, 11) is 1.72. The Kier molecular flexibility index (Phi) is 8.20. The summed E-state index contributed by atoms with van der Waals surface area (Å²) < 4.78 is 18.5. The molecule has 0 aromatic heterocycles. The van der Waals surface area contributed by atoms with Gasteiger partial charge in [-0.15, -0.1) is 0 Å². The summed E-state index contributed by atoms with van der Waals surface area (Å²) in [6.45, 7) is 4.96. The molecule has 156 valence electrons. The van der Waals surface area contributed by atoms with Crippen LogP contribution in [0.25, 0.3) is 0 Å². The van der Waals surface area contributed by atoms with Gasteiger partial charge in [0.25, 0.3) is 0 Å². The molecule has 0 saturated carbocycles. The number of hydrogen-bond acceptors (Lipinski definition) is 3. The van der Waals surface area contributed by atoms with E-state index in [2.05, 4.69) is 29.2 Å². The Labute approximate surface area is 173 Å². The Hall–Kier alpha value is -2.24. The van der Waals surface area contributed by atoms with Crippen LogP contribution in [-0.2, 0) is 22.4 Å². The maximum Gasteiger partial charge on any atom is 0.222 e. The van der Waals surface area contributed by atoms with Gasteiger partial charge >= 0.3 is 0 Å². The Morgan fingerprint density at radius 1 is 1.00 bits per heavy atom. The van der Waals surface area contributed by atoms with Crippen LogP contribution in [0.2, 0.25) is 0 Å². The van der Waals surface area contributed by atoms with E-state index in [4.69, 9.17) is 4.74 Å². The van der Waals surface area contributed by atoms with Gasteiger partial charge in [-0.3, -0.25) is 4.79 Å². The van der Waals surface area contributed by atoms with Gasteiger partial charge in [-0.1, -0.05) is 42.5 Å². The van der Waals surface area contributed by atoms with Gasteiger partial charge in [0.1, 0.15) is 5.82 Å². The molecular weight excluding hydrogens is 367 g/mol. The predicted octanol–water partition coefficient (Wildman–Crippen LogP) is 3.41. The van der Waals surface area contributed by atoms with Crippen molar-refractivity contribution in [1.82, 2.24) is 9.80 Å². The largest absolute Gasteiger partial charge is 0.384 e. The second kappa shape index (κ2) is 11.1. The summed E-state index contributed by atoms with van der Waals surface area (Å²) in [4.78, 5) is 17.2.